The summed E-state index contributed by atoms with van der Waals surface area (Å²) in [6, 6.07) is 4.12. The summed E-state index contributed by atoms with van der Waals surface area (Å²) >= 11 is 5.79. The SMILES string of the molecule is Cc1nc(COc2cc(Cl)ccc2[N+](=O)[O-])oc1C. The number of ether oxygens (including phenoxy) is 1. The zero-order valence-electron chi connectivity index (χ0n) is 10.3. The van der Waals surface area contributed by atoms with E-state index in [9.17, 15) is 10.1 Å². The Morgan fingerprint density at radius 2 is 2.21 bits per heavy atom. The maximum absolute atomic E-state index is 10.8. The molecule has 2 aromatic rings. The molecule has 0 saturated heterocycles. The van der Waals surface area contributed by atoms with Gasteiger partial charge in [-0.2, -0.15) is 0 Å². The van der Waals surface area contributed by atoms with Crippen LogP contribution in [0.4, 0.5) is 5.69 Å². The van der Waals surface area contributed by atoms with E-state index in [0.717, 1.165) is 5.69 Å². The average molecular weight is 283 g/mol. The number of nitrogens with zero attached hydrogens (tertiary/aromatic N) is 2. The Labute approximate surface area is 114 Å². The molecule has 1 heterocycles. The fourth-order valence-corrected chi connectivity index (χ4v) is 1.66. The number of nitro groups is 1. The lowest BCUT2D eigenvalue weighted by atomic mass is 10.3. The molecule has 19 heavy (non-hydrogen) atoms. The maximum atomic E-state index is 10.8. The molecule has 0 atom stereocenters. The van der Waals surface area contributed by atoms with E-state index in [-0.39, 0.29) is 18.0 Å². The van der Waals surface area contributed by atoms with E-state index in [4.69, 9.17) is 20.8 Å². The molecule has 0 spiro atoms. The second kappa shape index (κ2) is 5.27. The molecule has 0 aliphatic rings. The molecule has 100 valence electrons. The number of oxazole rings is 1. The van der Waals surface area contributed by atoms with Crippen LogP contribution in [0.1, 0.15) is 17.3 Å². The van der Waals surface area contributed by atoms with E-state index in [0.29, 0.717) is 16.7 Å². The highest BCUT2D eigenvalue weighted by atomic mass is 35.5. The van der Waals surface area contributed by atoms with E-state index in [2.05, 4.69) is 4.98 Å². The predicted molar refractivity (Wildman–Crippen MR) is 68.4 cm³/mol. The van der Waals surface area contributed by atoms with E-state index in [1.165, 1.54) is 18.2 Å². The van der Waals surface area contributed by atoms with Gasteiger partial charge in [-0.05, 0) is 19.9 Å². The van der Waals surface area contributed by atoms with E-state index in [1.807, 2.05) is 6.92 Å². The van der Waals surface area contributed by atoms with Gasteiger partial charge in [-0.3, -0.25) is 10.1 Å². The third-order valence-corrected chi connectivity index (χ3v) is 2.78. The van der Waals surface area contributed by atoms with Crippen molar-refractivity contribution in [2.45, 2.75) is 20.5 Å². The molecule has 0 fully saturated rings. The van der Waals surface area contributed by atoms with Crippen LogP contribution in [0.15, 0.2) is 22.6 Å². The molecular formula is C12H11ClN2O4. The smallest absolute Gasteiger partial charge is 0.311 e. The van der Waals surface area contributed by atoms with Gasteiger partial charge < -0.3 is 9.15 Å². The maximum Gasteiger partial charge on any atom is 0.311 e. The molecule has 2 rings (SSSR count). The van der Waals surface area contributed by atoms with Gasteiger partial charge in [0, 0.05) is 17.2 Å². The van der Waals surface area contributed by atoms with Gasteiger partial charge in [0.25, 0.3) is 0 Å². The summed E-state index contributed by atoms with van der Waals surface area (Å²) in [5.74, 6) is 1.15. The first-order valence-corrected chi connectivity index (χ1v) is 5.85. The molecule has 0 N–H and O–H groups in total. The van der Waals surface area contributed by atoms with Crippen LogP contribution in [0.2, 0.25) is 5.02 Å². The van der Waals surface area contributed by atoms with Gasteiger partial charge in [0.1, 0.15) is 5.76 Å². The summed E-state index contributed by atoms with van der Waals surface area (Å²) in [6.07, 6.45) is 0. The molecule has 1 aromatic carbocycles. The molecule has 0 aliphatic carbocycles. The quantitative estimate of drug-likeness (QED) is 0.634. The molecule has 0 bridgehead atoms. The molecule has 6 nitrogen and oxygen atoms in total. The van der Waals surface area contributed by atoms with Crippen LogP contribution in [0, 0.1) is 24.0 Å². The largest absolute Gasteiger partial charge is 0.477 e. The number of benzene rings is 1. The zero-order chi connectivity index (χ0) is 14.0. The number of nitro benzene ring substituents is 1. The summed E-state index contributed by atoms with van der Waals surface area (Å²) in [5.41, 5.74) is 0.614. The summed E-state index contributed by atoms with van der Waals surface area (Å²) in [4.78, 5) is 14.4. The Morgan fingerprint density at radius 3 is 2.79 bits per heavy atom. The van der Waals surface area contributed by atoms with Gasteiger partial charge in [0.15, 0.2) is 12.4 Å². The third-order valence-electron chi connectivity index (χ3n) is 2.54. The molecule has 1 aromatic heterocycles. The Bertz CT molecular complexity index is 605. The summed E-state index contributed by atoms with van der Waals surface area (Å²) < 4.78 is 10.7. The highest BCUT2D eigenvalue weighted by molar-refractivity contribution is 6.30. The molecule has 0 aliphatic heterocycles. The Hall–Kier alpha value is -2.08. The molecule has 0 amide bonds. The van der Waals surface area contributed by atoms with Gasteiger partial charge in [0.05, 0.1) is 10.6 Å². The lowest BCUT2D eigenvalue weighted by Gasteiger charge is -2.04. The summed E-state index contributed by atoms with van der Waals surface area (Å²) in [5, 5.41) is 11.2. The van der Waals surface area contributed by atoms with Crippen molar-refractivity contribution in [1.29, 1.82) is 0 Å². The van der Waals surface area contributed by atoms with Gasteiger partial charge in [-0.15, -0.1) is 0 Å². The topological polar surface area (TPSA) is 78.4 Å². The number of halogens is 1. The fraction of sp³-hybridized carbons (Fsp3) is 0.250. The van der Waals surface area contributed by atoms with Crippen molar-refractivity contribution in [2.24, 2.45) is 0 Å². The number of aromatic nitrogens is 1. The zero-order valence-corrected chi connectivity index (χ0v) is 11.1. The van der Waals surface area contributed by atoms with Crippen LogP contribution in [0.25, 0.3) is 0 Å². The lowest BCUT2D eigenvalue weighted by molar-refractivity contribution is -0.386. The van der Waals surface area contributed by atoms with Crippen LogP contribution >= 0.6 is 11.6 Å². The van der Waals surface area contributed by atoms with E-state index < -0.39 is 4.92 Å². The van der Waals surface area contributed by atoms with Crippen molar-refractivity contribution in [3.05, 3.63) is 50.7 Å². The predicted octanol–water partition coefficient (Wildman–Crippen LogP) is 3.43. The van der Waals surface area contributed by atoms with E-state index in [1.54, 1.807) is 6.92 Å². The van der Waals surface area contributed by atoms with Gasteiger partial charge in [0.2, 0.25) is 5.89 Å². The van der Waals surface area contributed by atoms with Crippen molar-refractivity contribution < 1.29 is 14.1 Å². The normalized spacial score (nSPS) is 10.5. The van der Waals surface area contributed by atoms with Crippen LogP contribution in [-0.2, 0) is 6.61 Å². The first-order valence-electron chi connectivity index (χ1n) is 5.47. The standard InChI is InChI=1S/C12H11ClN2O4/c1-7-8(2)19-12(14-7)6-18-11-5-9(13)3-4-10(11)15(16)17/h3-5H,6H2,1-2H3. The first kappa shape index (κ1) is 13.4. The molecule has 0 unspecified atom stereocenters. The van der Waals surface area contributed by atoms with Crippen molar-refractivity contribution in [2.75, 3.05) is 0 Å². The first-order chi connectivity index (χ1) is 8.97. The van der Waals surface area contributed by atoms with Crippen LogP contribution < -0.4 is 4.74 Å². The fourth-order valence-electron chi connectivity index (χ4n) is 1.49. The highest BCUT2D eigenvalue weighted by Crippen LogP contribution is 2.30. The minimum atomic E-state index is -0.530. The van der Waals surface area contributed by atoms with Crippen LogP contribution in [0.3, 0.4) is 0 Å². The minimum absolute atomic E-state index is 0.00978. The average Bonchev–Trinajstić information content (AvgIpc) is 2.66. The van der Waals surface area contributed by atoms with Crippen LogP contribution in [-0.4, -0.2) is 9.91 Å². The number of aryl methyl sites for hydroxylation is 2. The van der Waals surface area contributed by atoms with Gasteiger partial charge in [-0.1, -0.05) is 11.6 Å². The second-order valence-corrected chi connectivity index (χ2v) is 4.34. The van der Waals surface area contributed by atoms with Gasteiger partial charge in [-0.25, -0.2) is 4.98 Å². The molecule has 7 heteroatoms. The number of hydrogen-bond donors (Lipinski definition) is 0. The molecule has 0 saturated carbocycles. The van der Waals surface area contributed by atoms with Crippen molar-refractivity contribution in [3.63, 3.8) is 0 Å². The van der Waals surface area contributed by atoms with Crippen molar-refractivity contribution >= 4 is 17.3 Å². The second-order valence-electron chi connectivity index (χ2n) is 3.91. The lowest BCUT2D eigenvalue weighted by Crippen LogP contribution is -1.99. The Balaban J connectivity index is 2.19. The summed E-state index contributed by atoms with van der Waals surface area (Å²) in [6.45, 7) is 3.60. The van der Waals surface area contributed by atoms with Crippen molar-refractivity contribution in [1.82, 2.24) is 4.98 Å². The number of rotatable bonds is 4. The third kappa shape index (κ3) is 3.03. The minimum Gasteiger partial charge on any atom is -0.477 e. The molecule has 0 radical (unpaired) electrons. The van der Waals surface area contributed by atoms with E-state index >= 15 is 0 Å². The molecular weight excluding hydrogens is 272 g/mol. The summed E-state index contributed by atoms with van der Waals surface area (Å²) in [7, 11) is 0. The highest BCUT2D eigenvalue weighted by Gasteiger charge is 2.16. The Kier molecular flexibility index (Phi) is 3.71. The number of hydrogen-bond acceptors (Lipinski definition) is 5. The van der Waals surface area contributed by atoms with Gasteiger partial charge >= 0.3 is 5.69 Å². The Morgan fingerprint density at radius 1 is 1.47 bits per heavy atom. The monoisotopic (exact) mass is 282 g/mol. The van der Waals surface area contributed by atoms with Crippen molar-refractivity contribution in [3.8, 4) is 5.75 Å². The van der Waals surface area contributed by atoms with Crippen LogP contribution in [0.5, 0.6) is 5.75 Å².